The Kier molecular flexibility index (Phi) is 6.81. The average molecular weight is 448 g/mol. The van der Waals surface area contributed by atoms with Gasteiger partial charge in [0, 0.05) is 26.4 Å². The van der Waals surface area contributed by atoms with Gasteiger partial charge in [-0.25, -0.2) is 0 Å². The van der Waals surface area contributed by atoms with E-state index in [0.717, 1.165) is 16.9 Å². The molecule has 0 saturated carbocycles. The highest BCUT2D eigenvalue weighted by Crippen LogP contribution is 2.27. The Morgan fingerprint density at radius 2 is 1.87 bits per heavy atom. The molecule has 166 valence electrons. The van der Waals surface area contributed by atoms with Gasteiger partial charge in [-0.2, -0.15) is 8.42 Å². The third kappa shape index (κ3) is 5.74. The summed E-state index contributed by atoms with van der Waals surface area (Å²) in [6.45, 7) is 0.163. The topological polar surface area (TPSA) is 125 Å². The van der Waals surface area contributed by atoms with Crippen LogP contribution in [0.4, 0.5) is 5.69 Å². The monoisotopic (exact) mass is 447 g/mol. The summed E-state index contributed by atoms with van der Waals surface area (Å²) in [5.74, 6) is 0.295. The zero-order chi connectivity index (χ0) is 22.6. The second kappa shape index (κ2) is 9.36. The van der Waals surface area contributed by atoms with Crippen molar-refractivity contribution in [3.8, 4) is 5.75 Å². The number of anilines is 1. The molecule has 1 aliphatic rings. The maximum absolute atomic E-state index is 13.0. The number of benzene rings is 2. The van der Waals surface area contributed by atoms with Crippen LogP contribution < -0.4 is 14.8 Å². The number of carbonyl (C=O) groups is 2. The number of hydrogen-bond acceptors (Lipinski definition) is 5. The molecule has 9 nitrogen and oxygen atoms in total. The molecule has 1 aliphatic heterocycles. The fourth-order valence-electron chi connectivity index (χ4n) is 3.65. The average Bonchev–Trinajstić information content (AvgIpc) is 2.75. The van der Waals surface area contributed by atoms with E-state index >= 15 is 0 Å². The third-order valence-corrected chi connectivity index (χ3v) is 5.73. The van der Waals surface area contributed by atoms with Gasteiger partial charge in [0.1, 0.15) is 11.8 Å². The van der Waals surface area contributed by atoms with Gasteiger partial charge >= 0.3 is 10.3 Å². The van der Waals surface area contributed by atoms with Gasteiger partial charge in [0.05, 0.1) is 12.8 Å². The fraction of sp³-hybridized carbons (Fsp3) is 0.333. The number of fused-ring (bicyclic) bond motifs is 1. The van der Waals surface area contributed by atoms with Crippen molar-refractivity contribution in [2.45, 2.75) is 31.8 Å². The molecule has 10 heteroatoms. The molecule has 3 rings (SSSR count). The van der Waals surface area contributed by atoms with E-state index < -0.39 is 16.3 Å². The van der Waals surface area contributed by atoms with E-state index in [2.05, 4.69) is 5.32 Å². The number of methoxy groups -OCH3 is 1. The number of rotatable bonds is 7. The van der Waals surface area contributed by atoms with Crippen molar-refractivity contribution in [2.75, 3.05) is 18.9 Å². The fourth-order valence-corrected chi connectivity index (χ4v) is 4.07. The maximum Gasteiger partial charge on any atom is 0.357 e. The molecule has 1 unspecified atom stereocenters. The molecule has 2 aromatic rings. The van der Waals surface area contributed by atoms with Crippen LogP contribution in [0.3, 0.4) is 0 Å². The lowest BCUT2D eigenvalue weighted by Crippen LogP contribution is -2.52. The van der Waals surface area contributed by atoms with Crippen molar-refractivity contribution in [2.24, 2.45) is 0 Å². The normalized spacial score (nSPS) is 15.7. The predicted octanol–water partition coefficient (Wildman–Crippen LogP) is 1.54. The van der Waals surface area contributed by atoms with Gasteiger partial charge in [-0.3, -0.25) is 18.9 Å². The predicted molar refractivity (Wildman–Crippen MR) is 115 cm³/mol. The number of nitrogens with one attached hydrogen (secondary N) is 2. The van der Waals surface area contributed by atoms with E-state index in [4.69, 9.17) is 9.29 Å². The van der Waals surface area contributed by atoms with Crippen molar-refractivity contribution in [1.82, 2.24) is 10.2 Å². The van der Waals surface area contributed by atoms with E-state index in [1.807, 2.05) is 29.0 Å². The van der Waals surface area contributed by atoms with Gasteiger partial charge < -0.3 is 15.0 Å². The van der Waals surface area contributed by atoms with E-state index in [-0.39, 0.29) is 30.5 Å². The van der Waals surface area contributed by atoms with Crippen molar-refractivity contribution < 1.29 is 27.3 Å². The summed E-state index contributed by atoms with van der Waals surface area (Å²) in [6.07, 6.45) is 1.05. The lowest BCUT2D eigenvalue weighted by atomic mass is 9.92. The van der Waals surface area contributed by atoms with Crippen LogP contribution in [-0.4, -0.2) is 49.9 Å². The first kappa shape index (κ1) is 22.6. The smallest absolute Gasteiger partial charge is 0.357 e. The Bertz CT molecular complexity index is 1070. The molecule has 0 spiro atoms. The highest BCUT2D eigenvalue weighted by atomic mass is 32.2. The zero-order valence-corrected chi connectivity index (χ0v) is 18.1. The zero-order valence-electron chi connectivity index (χ0n) is 17.3. The molecular weight excluding hydrogens is 422 g/mol. The second-order valence-corrected chi connectivity index (χ2v) is 8.42. The van der Waals surface area contributed by atoms with Gasteiger partial charge in [-0.1, -0.05) is 18.2 Å². The number of aryl methyl sites for hydroxylation is 1. The Morgan fingerprint density at radius 3 is 2.48 bits per heavy atom. The van der Waals surface area contributed by atoms with Crippen molar-refractivity contribution in [3.05, 3.63) is 59.2 Å². The van der Waals surface area contributed by atoms with Crippen LogP contribution in [0.15, 0.2) is 42.5 Å². The first-order valence-electron chi connectivity index (χ1n) is 9.71. The van der Waals surface area contributed by atoms with Crippen molar-refractivity contribution in [3.63, 3.8) is 0 Å². The molecule has 1 atom stereocenters. The van der Waals surface area contributed by atoms with E-state index in [1.54, 1.807) is 19.2 Å². The van der Waals surface area contributed by atoms with Gasteiger partial charge in [0.2, 0.25) is 11.8 Å². The minimum atomic E-state index is -4.41. The Hall–Kier alpha value is -3.11. The van der Waals surface area contributed by atoms with E-state index in [9.17, 15) is 18.0 Å². The minimum absolute atomic E-state index is 0.163. The lowest BCUT2D eigenvalue weighted by molar-refractivity contribution is -0.141. The standard InChI is InChI=1S/C21H25N3O6S/c1-22-21(26)19-12-15-6-7-17(23-31(27,28)29)11-16(15)13-24(19)20(25)10-5-14-3-8-18(30-2)9-4-14/h3-4,6-9,11,19,23H,5,10,12-13H2,1-2H3,(H,22,26)(H,27,28,29). The first-order valence-corrected chi connectivity index (χ1v) is 11.1. The van der Waals surface area contributed by atoms with Crippen LogP contribution >= 0.6 is 0 Å². The molecule has 3 N–H and O–H groups in total. The number of hydrogen-bond donors (Lipinski definition) is 3. The molecule has 2 amide bonds. The molecule has 0 radical (unpaired) electrons. The summed E-state index contributed by atoms with van der Waals surface area (Å²) in [7, 11) is -1.30. The third-order valence-electron chi connectivity index (χ3n) is 5.24. The van der Waals surface area contributed by atoms with E-state index in [0.29, 0.717) is 18.4 Å². The number of ether oxygens (including phenoxy) is 1. The summed E-state index contributed by atoms with van der Waals surface area (Å²) in [6, 6.07) is 11.5. The van der Waals surface area contributed by atoms with Crippen LogP contribution in [0.1, 0.15) is 23.1 Å². The molecule has 0 saturated heterocycles. The van der Waals surface area contributed by atoms with Crippen LogP contribution in [0.25, 0.3) is 0 Å². The van der Waals surface area contributed by atoms with Crippen LogP contribution in [0, 0.1) is 0 Å². The Labute approximate surface area is 181 Å². The molecule has 0 fully saturated rings. The maximum atomic E-state index is 13.0. The number of carbonyl (C=O) groups excluding carboxylic acids is 2. The highest BCUT2D eigenvalue weighted by Gasteiger charge is 2.34. The second-order valence-electron chi connectivity index (χ2n) is 7.26. The SMILES string of the molecule is CNC(=O)C1Cc2ccc(NS(=O)(=O)O)cc2CN1C(=O)CCc1ccc(OC)cc1. The highest BCUT2D eigenvalue weighted by molar-refractivity contribution is 7.87. The number of likely N-dealkylation sites (N-methyl/N-ethyl adjacent to an activating group) is 1. The largest absolute Gasteiger partial charge is 0.497 e. The van der Waals surface area contributed by atoms with Crippen LogP contribution in [-0.2, 0) is 39.3 Å². The van der Waals surface area contributed by atoms with Gasteiger partial charge in [0.15, 0.2) is 0 Å². The summed E-state index contributed by atoms with van der Waals surface area (Å²) in [5, 5.41) is 2.61. The van der Waals surface area contributed by atoms with Crippen LogP contribution in [0.2, 0.25) is 0 Å². The Morgan fingerprint density at radius 1 is 1.16 bits per heavy atom. The molecular formula is C21H25N3O6S. The summed E-state index contributed by atoms with van der Waals surface area (Å²) < 4.78 is 38.4. The van der Waals surface area contributed by atoms with E-state index in [1.165, 1.54) is 18.0 Å². The van der Waals surface area contributed by atoms with Crippen molar-refractivity contribution in [1.29, 1.82) is 0 Å². The molecule has 0 aromatic heterocycles. The lowest BCUT2D eigenvalue weighted by Gasteiger charge is -2.36. The summed E-state index contributed by atoms with van der Waals surface area (Å²) in [5.41, 5.74) is 2.72. The number of nitrogens with zero attached hydrogens (tertiary/aromatic N) is 1. The van der Waals surface area contributed by atoms with Gasteiger partial charge in [0.25, 0.3) is 0 Å². The summed E-state index contributed by atoms with van der Waals surface area (Å²) in [4.78, 5) is 27.0. The molecule has 31 heavy (non-hydrogen) atoms. The van der Waals surface area contributed by atoms with Crippen molar-refractivity contribution >= 4 is 27.8 Å². The van der Waals surface area contributed by atoms with Crippen LogP contribution in [0.5, 0.6) is 5.75 Å². The first-order chi connectivity index (χ1) is 14.7. The molecule has 1 heterocycles. The minimum Gasteiger partial charge on any atom is -0.497 e. The Balaban J connectivity index is 1.78. The molecule has 0 aliphatic carbocycles. The van der Waals surface area contributed by atoms with Gasteiger partial charge in [-0.15, -0.1) is 0 Å². The quantitative estimate of drug-likeness (QED) is 0.553. The summed E-state index contributed by atoms with van der Waals surface area (Å²) >= 11 is 0. The number of amides is 2. The van der Waals surface area contributed by atoms with Gasteiger partial charge in [-0.05, 0) is 47.4 Å². The molecule has 0 bridgehead atoms. The molecule has 2 aromatic carbocycles.